The van der Waals surface area contributed by atoms with Crippen LogP contribution in [0, 0.1) is 6.92 Å². The fraction of sp³-hybridized carbons (Fsp3) is 0.167. The van der Waals surface area contributed by atoms with Gasteiger partial charge in [0.2, 0.25) is 0 Å². The van der Waals surface area contributed by atoms with E-state index >= 15 is 0 Å². The highest BCUT2D eigenvalue weighted by Crippen LogP contribution is 2.10. The largest absolute Gasteiger partial charge is 0.220 e. The fourth-order valence-electron chi connectivity index (χ4n) is 0.834. The first-order chi connectivity index (χ1) is 5.38. The van der Waals surface area contributed by atoms with E-state index in [-0.39, 0.29) is 0 Å². The van der Waals surface area contributed by atoms with Crippen LogP contribution in [0.4, 0.5) is 0 Å². The number of aromatic nitrogens is 4. The quantitative estimate of drug-likeness (QED) is 0.635. The van der Waals surface area contributed by atoms with E-state index in [0.29, 0.717) is 0 Å². The van der Waals surface area contributed by atoms with Crippen LogP contribution in [0.3, 0.4) is 0 Å². The summed E-state index contributed by atoms with van der Waals surface area (Å²) in [7, 11) is 0. The van der Waals surface area contributed by atoms with Crippen LogP contribution in [-0.2, 0) is 0 Å². The minimum Gasteiger partial charge on any atom is -0.220 e. The summed E-state index contributed by atoms with van der Waals surface area (Å²) in [6.45, 7) is 1.91. The number of rotatable bonds is 1. The maximum absolute atomic E-state index is 4.03. The van der Waals surface area contributed by atoms with E-state index in [1.807, 2.05) is 13.0 Å². The van der Waals surface area contributed by atoms with Crippen molar-refractivity contribution in [3.8, 4) is 5.00 Å². The Hall–Kier alpha value is -1.23. The number of hydrogen-bond acceptors (Lipinski definition) is 4. The number of hydrogen-bond donors (Lipinski definition) is 0. The van der Waals surface area contributed by atoms with Crippen LogP contribution in [0.15, 0.2) is 18.6 Å². The summed E-state index contributed by atoms with van der Waals surface area (Å²) in [6.07, 6.45) is 3.29. The zero-order valence-electron chi connectivity index (χ0n) is 5.93. The van der Waals surface area contributed by atoms with Gasteiger partial charge in [-0.15, -0.1) is 0 Å². The Morgan fingerprint density at radius 2 is 2.45 bits per heavy atom. The molecule has 0 saturated carbocycles. The molecule has 2 aromatic heterocycles. The van der Waals surface area contributed by atoms with Crippen molar-refractivity contribution in [2.75, 3.05) is 0 Å². The zero-order chi connectivity index (χ0) is 7.68. The summed E-state index contributed by atoms with van der Waals surface area (Å²) >= 11 is 1.41. The van der Waals surface area contributed by atoms with E-state index in [2.05, 4.69) is 14.5 Å². The molecule has 2 aromatic rings. The molecule has 0 N–H and O–H groups in total. The molecule has 0 aliphatic carbocycles. The molecule has 0 aliphatic rings. The molecular weight excluding hydrogens is 160 g/mol. The third-order valence-electron chi connectivity index (χ3n) is 1.35. The highest BCUT2D eigenvalue weighted by atomic mass is 32.1. The average molecular weight is 166 g/mol. The molecular formula is C6H6N4S. The maximum atomic E-state index is 4.03. The van der Waals surface area contributed by atoms with Crippen molar-refractivity contribution in [2.45, 2.75) is 6.92 Å². The minimum atomic E-state index is 0.884. The van der Waals surface area contributed by atoms with Gasteiger partial charge in [-0.25, -0.2) is 9.67 Å². The van der Waals surface area contributed by atoms with Crippen LogP contribution in [0.25, 0.3) is 5.00 Å². The van der Waals surface area contributed by atoms with Crippen LogP contribution >= 0.6 is 11.5 Å². The predicted molar refractivity (Wildman–Crippen MR) is 41.8 cm³/mol. The third kappa shape index (κ3) is 1.03. The molecule has 4 nitrogen and oxygen atoms in total. The van der Waals surface area contributed by atoms with Gasteiger partial charge in [-0.3, -0.25) is 0 Å². The van der Waals surface area contributed by atoms with Gasteiger partial charge >= 0.3 is 0 Å². The predicted octanol–water partition coefficient (Wildman–Crippen LogP) is 1.03. The first-order valence-electron chi connectivity index (χ1n) is 3.15. The standard InChI is InChI=1S/C6H6N4S/c1-5-7-4-8-10(5)6-2-3-9-11-6/h2-4H,1H3. The highest BCUT2D eigenvalue weighted by molar-refractivity contribution is 7.08. The molecule has 0 saturated heterocycles. The molecule has 56 valence electrons. The van der Waals surface area contributed by atoms with Crippen molar-refractivity contribution in [1.29, 1.82) is 0 Å². The van der Waals surface area contributed by atoms with E-state index < -0.39 is 0 Å². The Morgan fingerprint density at radius 3 is 3.00 bits per heavy atom. The Balaban J connectivity index is 2.53. The average Bonchev–Trinajstić information content (AvgIpc) is 2.55. The van der Waals surface area contributed by atoms with Gasteiger partial charge in [0, 0.05) is 6.20 Å². The lowest BCUT2D eigenvalue weighted by molar-refractivity contribution is 0.855. The summed E-state index contributed by atoms with van der Waals surface area (Å²) < 4.78 is 5.73. The van der Waals surface area contributed by atoms with Gasteiger partial charge in [0.25, 0.3) is 0 Å². The lowest BCUT2D eigenvalue weighted by Crippen LogP contribution is -1.95. The lowest BCUT2D eigenvalue weighted by Gasteiger charge is -1.94. The van der Waals surface area contributed by atoms with Crippen molar-refractivity contribution < 1.29 is 0 Å². The van der Waals surface area contributed by atoms with Gasteiger partial charge in [-0.2, -0.15) is 9.47 Å². The van der Waals surface area contributed by atoms with Gasteiger partial charge in [-0.05, 0) is 24.5 Å². The van der Waals surface area contributed by atoms with Crippen molar-refractivity contribution in [2.24, 2.45) is 0 Å². The molecule has 0 aromatic carbocycles. The SMILES string of the molecule is Cc1ncnn1-c1ccns1. The molecule has 11 heavy (non-hydrogen) atoms. The van der Waals surface area contributed by atoms with Crippen molar-refractivity contribution >= 4 is 11.5 Å². The molecule has 0 bridgehead atoms. The molecule has 0 atom stereocenters. The second kappa shape index (κ2) is 2.43. The molecule has 2 rings (SSSR count). The summed E-state index contributed by atoms with van der Waals surface area (Å²) in [5, 5.41) is 5.03. The smallest absolute Gasteiger partial charge is 0.139 e. The molecule has 5 heteroatoms. The van der Waals surface area contributed by atoms with E-state index in [0.717, 1.165) is 10.8 Å². The number of nitrogens with zero attached hydrogens (tertiary/aromatic N) is 4. The van der Waals surface area contributed by atoms with Crippen LogP contribution in [0.5, 0.6) is 0 Å². The Labute approximate surface area is 67.7 Å². The minimum absolute atomic E-state index is 0.884. The van der Waals surface area contributed by atoms with Gasteiger partial charge in [0.05, 0.1) is 0 Å². The third-order valence-corrected chi connectivity index (χ3v) is 2.07. The summed E-state index contributed by atoms with van der Waals surface area (Å²) in [6, 6.07) is 1.91. The van der Waals surface area contributed by atoms with E-state index in [1.165, 1.54) is 17.9 Å². The van der Waals surface area contributed by atoms with Crippen molar-refractivity contribution in [1.82, 2.24) is 19.1 Å². The zero-order valence-corrected chi connectivity index (χ0v) is 6.75. The van der Waals surface area contributed by atoms with Crippen LogP contribution < -0.4 is 0 Å². The highest BCUT2D eigenvalue weighted by Gasteiger charge is 2.01. The second-order valence-electron chi connectivity index (χ2n) is 2.07. The molecule has 0 aliphatic heterocycles. The first-order valence-corrected chi connectivity index (χ1v) is 3.93. The molecule has 0 fully saturated rings. The van der Waals surface area contributed by atoms with Crippen LogP contribution in [0.1, 0.15) is 5.82 Å². The number of aryl methyl sites for hydroxylation is 1. The normalized spacial score (nSPS) is 10.3. The fourth-order valence-corrected chi connectivity index (χ4v) is 1.44. The van der Waals surface area contributed by atoms with Gasteiger partial charge in [-0.1, -0.05) is 0 Å². The van der Waals surface area contributed by atoms with E-state index in [4.69, 9.17) is 0 Å². The van der Waals surface area contributed by atoms with Crippen molar-refractivity contribution in [3.63, 3.8) is 0 Å². The maximum Gasteiger partial charge on any atom is 0.139 e. The molecule has 0 unspecified atom stereocenters. The summed E-state index contributed by atoms with van der Waals surface area (Å²) in [4.78, 5) is 4.00. The van der Waals surface area contributed by atoms with Gasteiger partial charge in [0.15, 0.2) is 0 Å². The molecule has 0 amide bonds. The molecule has 0 radical (unpaired) electrons. The Morgan fingerprint density at radius 1 is 1.55 bits per heavy atom. The van der Waals surface area contributed by atoms with E-state index in [9.17, 15) is 0 Å². The monoisotopic (exact) mass is 166 g/mol. The van der Waals surface area contributed by atoms with Crippen LogP contribution in [0.2, 0.25) is 0 Å². The second-order valence-corrected chi connectivity index (χ2v) is 2.88. The summed E-state index contributed by atoms with van der Waals surface area (Å²) in [5.74, 6) is 0.884. The van der Waals surface area contributed by atoms with Crippen molar-refractivity contribution in [3.05, 3.63) is 24.4 Å². The Bertz CT molecular complexity index is 337. The molecule has 0 spiro atoms. The lowest BCUT2D eigenvalue weighted by atomic mass is 10.6. The van der Waals surface area contributed by atoms with Gasteiger partial charge in [0.1, 0.15) is 17.2 Å². The van der Waals surface area contributed by atoms with Gasteiger partial charge < -0.3 is 0 Å². The van der Waals surface area contributed by atoms with E-state index in [1.54, 1.807) is 10.9 Å². The Kier molecular flexibility index (Phi) is 1.43. The van der Waals surface area contributed by atoms with Crippen LogP contribution in [-0.4, -0.2) is 19.1 Å². The summed E-state index contributed by atoms with van der Waals surface area (Å²) in [5.41, 5.74) is 0. The first kappa shape index (κ1) is 6.48. The molecule has 2 heterocycles. The topological polar surface area (TPSA) is 43.6 Å².